The number of hydrogen-bond donors (Lipinski definition) is 2. The maximum absolute atomic E-state index is 10.0. The second-order valence-electron chi connectivity index (χ2n) is 5.73. The molecule has 3 aromatic rings. The molecule has 0 unspecified atom stereocenters. The quantitative estimate of drug-likeness (QED) is 0.575. The molecule has 1 heterocycles. The van der Waals surface area contributed by atoms with Crippen molar-refractivity contribution in [2.24, 2.45) is 0 Å². The van der Waals surface area contributed by atoms with E-state index in [-0.39, 0.29) is 5.75 Å². The Morgan fingerprint density at radius 3 is 2.57 bits per heavy atom. The van der Waals surface area contributed by atoms with Gasteiger partial charge in [0.2, 0.25) is 0 Å². The van der Waals surface area contributed by atoms with Gasteiger partial charge in [-0.25, -0.2) is 0 Å². The van der Waals surface area contributed by atoms with Crippen LogP contribution in [0.15, 0.2) is 36.5 Å². The van der Waals surface area contributed by atoms with Gasteiger partial charge in [-0.2, -0.15) is 5.26 Å². The molecule has 0 aliphatic heterocycles. The maximum Gasteiger partial charge on any atom is 0.163 e. The first-order valence-corrected chi connectivity index (χ1v) is 8.88. The highest BCUT2D eigenvalue weighted by molar-refractivity contribution is 6.18. The number of nitriles is 1. The average Bonchev–Trinajstić information content (AvgIpc) is 2.72. The second kappa shape index (κ2) is 8.55. The van der Waals surface area contributed by atoms with Gasteiger partial charge in [0.1, 0.15) is 12.7 Å². The SMILES string of the molecule is COc1ccc(Nc2c(C#N)cnc3cc(OCCCl)c(OC)cc23)cc1O. The van der Waals surface area contributed by atoms with Crippen LogP contribution in [0.1, 0.15) is 5.56 Å². The molecule has 0 fully saturated rings. The number of alkyl halides is 1. The van der Waals surface area contributed by atoms with E-state index in [1.54, 1.807) is 24.3 Å². The van der Waals surface area contributed by atoms with Crippen LogP contribution in [0.25, 0.3) is 10.9 Å². The van der Waals surface area contributed by atoms with Crippen molar-refractivity contribution in [1.29, 1.82) is 5.26 Å². The first-order valence-electron chi connectivity index (χ1n) is 8.35. The summed E-state index contributed by atoms with van der Waals surface area (Å²) in [5.74, 6) is 1.69. The van der Waals surface area contributed by atoms with Crippen molar-refractivity contribution in [2.45, 2.75) is 0 Å². The van der Waals surface area contributed by atoms with Gasteiger partial charge in [0, 0.05) is 29.4 Å². The van der Waals surface area contributed by atoms with Gasteiger partial charge in [0.05, 0.1) is 36.9 Å². The molecule has 0 radical (unpaired) electrons. The van der Waals surface area contributed by atoms with Gasteiger partial charge >= 0.3 is 0 Å². The lowest BCUT2D eigenvalue weighted by molar-refractivity contribution is 0.313. The molecule has 1 aromatic heterocycles. The average molecular weight is 400 g/mol. The van der Waals surface area contributed by atoms with Crippen LogP contribution < -0.4 is 19.5 Å². The minimum atomic E-state index is -0.0151. The number of pyridine rings is 1. The number of benzene rings is 2. The molecule has 3 rings (SSSR count). The predicted molar refractivity (Wildman–Crippen MR) is 107 cm³/mol. The monoisotopic (exact) mass is 399 g/mol. The predicted octanol–water partition coefficient (Wildman–Crippen LogP) is 4.19. The molecule has 7 nitrogen and oxygen atoms in total. The Morgan fingerprint density at radius 1 is 1.14 bits per heavy atom. The Balaban J connectivity index is 2.11. The van der Waals surface area contributed by atoms with Crippen LogP contribution in [0.2, 0.25) is 0 Å². The van der Waals surface area contributed by atoms with Gasteiger partial charge in [0.25, 0.3) is 0 Å². The molecular weight excluding hydrogens is 382 g/mol. The molecule has 0 amide bonds. The third-order valence-corrected chi connectivity index (χ3v) is 4.21. The summed E-state index contributed by atoms with van der Waals surface area (Å²) in [6, 6.07) is 10.5. The van der Waals surface area contributed by atoms with E-state index in [4.69, 9.17) is 25.8 Å². The van der Waals surface area contributed by atoms with Crippen molar-refractivity contribution in [2.75, 3.05) is 32.0 Å². The Kier molecular flexibility index (Phi) is 5.92. The first-order chi connectivity index (χ1) is 13.6. The third kappa shape index (κ3) is 3.82. The van der Waals surface area contributed by atoms with E-state index >= 15 is 0 Å². The summed E-state index contributed by atoms with van der Waals surface area (Å²) >= 11 is 5.70. The fourth-order valence-electron chi connectivity index (χ4n) is 2.75. The number of hydrogen-bond acceptors (Lipinski definition) is 7. The number of methoxy groups -OCH3 is 2. The van der Waals surface area contributed by atoms with E-state index in [1.165, 1.54) is 26.5 Å². The molecule has 2 N–H and O–H groups in total. The van der Waals surface area contributed by atoms with Crippen molar-refractivity contribution in [3.8, 4) is 29.1 Å². The van der Waals surface area contributed by atoms with Crippen LogP contribution >= 0.6 is 11.6 Å². The summed E-state index contributed by atoms with van der Waals surface area (Å²) < 4.78 is 16.1. The second-order valence-corrected chi connectivity index (χ2v) is 6.11. The Bertz CT molecular complexity index is 1050. The molecule has 0 saturated heterocycles. The normalized spacial score (nSPS) is 10.4. The minimum absolute atomic E-state index is 0.0151. The molecule has 0 spiro atoms. The van der Waals surface area contributed by atoms with Crippen molar-refractivity contribution < 1.29 is 19.3 Å². The summed E-state index contributed by atoms with van der Waals surface area (Å²) in [5.41, 5.74) is 2.09. The highest BCUT2D eigenvalue weighted by Crippen LogP contribution is 2.38. The Hall–Kier alpha value is -3.37. The molecule has 0 saturated carbocycles. The summed E-state index contributed by atoms with van der Waals surface area (Å²) in [4.78, 5) is 4.34. The number of anilines is 2. The number of rotatable bonds is 7. The van der Waals surface area contributed by atoms with Gasteiger partial charge in [-0.15, -0.1) is 11.6 Å². The first kappa shape index (κ1) is 19.4. The molecule has 144 valence electrons. The number of nitrogens with zero attached hydrogens (tertiary/aromatic N) is 2. The van der Waals surface area contributed by atoms with E-state index in [9.17, 15) is 10.4 Å². The molecule has 0 bridgehead atoms. The van der Waals surface area contributed by atoms with Gasteiger partial charge in [0.15, 0.2) is 23.0 Å². The fraction of sp³-hybridized carbons (Fsp3) is 0.200. The van der Waals surface area contributed by atoms with E-state index in [1.807, 2.05) is 0 Å². The molecule has 0 aliphatic carbocycles. The van der Waals surface area contributed by atoms with Gasteiger partial charge < -0.3 is 24.6 Å². The highest BCUT2D eigenvalue weighted by Gasteiger charge is 2.15. The summed E-state index contributed by atoms with van der Waals surface area (Å²) in [6.45, 7) is 0.329. The van der Waals surface area contributed by atoms with Crippen molar-refractivity contribution >= 4 is 33.9 Å². The zero-order chi connectivity index (χ0) is 20.1. The number of aromatic hydroxyl groups is 1. The highest BCUT2D eigenvalue weighted by atomic mass is 35.5. The molecule has 2 aromatic carbocycles. The van der Waals surface area contributed by atoms with Gasteiger partial charge in [-0.3, -0.25) is 4.98 Å². The molecular formula is C20H18ClN3O4. The smallest absolute Gasteiger partial charge is 0.163 e. The van der Waals surface area contributed by atoms with E-state index in [0.29, 0.717) is 57.6 Å². The molecule has 0 atom stereocenters. The lowest BCUT2D eigenvalue weighted by Crippen LogP contribution is -2.02. The maximum atomic E-state index is 10.0. The van der Waals surface area contributed by atoms with Crippen LogP contribution in [0.3, 0.4) is 0 Å². The molecule has 28 heavy (non-hydrogen) atoms. The van der Waals surface area contributed by atoms with Crippen LogP contribution in [-0.4, -0.2) is 36.8 Å². The number of nitrogens with one attached hydrogen (secondary N) is 1. The lowest BCUT2D eigenvalue weighted by Gasteiger charge is -2.15. The van der Waals surface area contributed by atoms with E-state index in [2.05, 4.69) is 16.4 Å². The van der Waals surface area contributed by atoms with Crippen molar-refractivity contribution in [3.05, 3.63) is 42.1 Å². The van der Waals surface area contributed by atoms with Crippen molar-refractivity contribution in [3.63, 3.8) is 0 Å². The number of ether oxygens (including phenoxy) is 3. The third-order valence-electron chi connectivity index (χ3n) is 4.06. The molecule has 0 aliphatic rings. The summed E-state index contributed by atoms with van der Waals surface area (Å²) in [6.07, 6.45) is 1.48. The number of phenols is 1. The van der Waals surface area contributed by atoms with E-state index < -0.39 is 0 Å². The minimum Gasteiger partial charge on any atom is -0.504 e. The van der Waals surface area contributed by atoms with Gasteiger partial charge in [-0.05, 0) is 18.2 Å². The zero-order valence-corrected chi connectivity index (χ0v) is 16.1. The van der Waals surface area contributed by atoms with Gasteiger partial charge in [-0.1, -0.05) is 0 Å². The topological polar surface area (TPSA) is 96.6 Å². The van der Waals surface area contributed by atoms with Crippen LogP contribution in [-0.2, 0) is 0 Å². The summed E-state index contributed by atoms with van der Waals surface area (Å²) in [7, 11) is 3.01. The number of halogens is 1. The fourth-order valence-corrected chi connectivity index (χ4v) is 2.83. The molecule has 8 heteroatoms. The van der Waals surface area contributed by atoms with E-state index in [0.717, 1.165) is 0 Å². The van der Waals surface area contributed by atoms with Crippen LogP contribution in [0.5, 0.6) is 23.0 Å². The number of fused-ring (bicyclic) bond motifs is 1. The standard InChI is InChI=1S/C20H18ClN3O4/c1-26-17-4-3-13(7-16(17)25)24-20-12(10-22)11-23-15-9-19(28-6-5-21)18(27-2)8-14(15)20/h3-4,7-9,11,25H,5-6H2,1-2H3,(H,23,24). The number of phenolic OH excluding ortho intramolecular Hbond substituents is 1. The Labute approximate surface area is 167 Å². The number of aromatic nitrogens is 1. The van der Waals surface area contributed by atoms with Crippen LogP contribution in [0.4, 0.5) is 11.4 Å². The summed E-state index contributed by atoms with van der Waals surface area (Å²) in [5, 5.41) is 23.4. The van der Waals surface area contributed by atoms with Crippen LogP contribution in [0, 0.1) is 11.3 Å². The largest absolute Gasteiger partial charge is 0.504 e. The Morgan fingerprint density at radius 2 is 1.93 bits per heavy atom. The zero-order valence-electron chi connectivity index (χ0n) is 15.3. The van der Waals surface area contributed by atoms with Crippen molar-refractivity contribution in [1.82, 2.24) is 4.98 Å². The lowest BCUT2D eigenvalue weighted by atomic mass is 10.1.